The third-order valence-electron chi connectivity index (χ3n) is 4.76. The van der Waals surface area contributed by atoms with Gasteiger partial charge in [-0.2, -0.15) is 0 Å². The molecule has 2 aromatic carbocycles. The highest BCUT2D eigenvalue weighted by Crippen LogP contribution is 2.30. The van der Waals surface area contributed by atoms with Gasteiger partial charge in [0.1, 0.15) is 5.75 Å². The molecule has 0 aromatic heterocycles. The Balaban J connectivity index is 1.76. The Kier molecular flexibility index (Phi) is 6.73. The van der Waals surface area contributed by atoms with Crippen LogP contribution in [0, 0.1) is 0 Å². The first-order valence-corrected chi connectivity index (χ1v) is 11.4. The monoisotopic (exact) mass is 467 g/mol. The normalized spacial score (nSPS) is 16.6. The van der Waals surface area contributed by atoms with E-state index in [1.165, 1.54) is 12.1 Å². The predicted octanol–water partition coefficient (Wildman–Crippen LogP) is 5.14. The lowest BCUT2D eigenvalue weighted by atomic mass is 9.96. The molecule has 0 bridgehead atoms. The number of rotatable bonds is 7. The number of halogens is 3. The van der Waals surface area contributed by atoms with Gasteiger partial charge in [-0.15, -0.1) is 13.2 Å². The van der Waals surface area contributed by atoms with Crippen LogP contribution in [0.4, 0.5) is 30.2 Å². The molecule has 0 heterocycles. The quantitative estimate of drug-likeness (QED) is 0.490. The van der Waals surface area contributed by atoms with E-state index in [-0.39, 0.29) is 11.8 Å². The first kappa shape index (κ1) is 23.5. The first-order chi connectivity index (χ1) is 14.9. The summed E-state index contributed by atoms with van der Waals surface area (Å²) in [5, 5.41) is 2.70. The van der Waals surface area contributed by atoms with E-state index in [1.54, 1.807) is 44.2 Å². The molecule has 32 heavy (non-hydrogen) atoms. The number of nitrogens with two attached hydrogens (primary N) is 1. The van der Waals surface area contributed by atoms with Crippen LogP contribution >= 0.6 is 0 Å². The Hall–Kier alpha value is -3.14. The molecular formula is C22H24F3N3O3S. The molecule has 0 aliphatic heterocycles. The van der Waals surface area contributed by atoms with Gasteiger partial charge in [-0.3, -0.25) is 4.72 Å². The molecule has 1 unspecified atom stereocenters. The minimum absolute atomic E-state index is 0.152. The van der Waals surface area contributed by atoms with Crippen LogP contribution in [0.1, 0.15) is 25.8 Å². The third kappa shape index (κ3) is 6.19. The fourth-order valence-electron chi connectivity index (χ4n) is 3.05. The molecule has 2 aromatic rings. The topological polar surface area (TPSA) is 93.5 Å². The summed E-state index contributed by atoms with van der Waals surface area (Å²) < 4.78 is 67.7. The maximum Gasteiger partial charge on any atom is 0.573 e. The minimum atomic E-state index is -4.74. The Morgan fingerprint density at radius 2 is 1.81 bits per heavy atom. The number of nitrogens with one attached hydrogen (secondary N) is 2. The van der Waals surface area contributed by atoms with Gasteiger partial charge in [0.15, 0.2) is 0 Å². The highest BCUT2D eigenvalue weighted by molar-refractivity contribution is 7.93. The van der Waals surface area contributed by atoms with E-state index < -0.39 is 21.6 Å². The van der Waals surface area contributed by atoms with Gasteiger partial charge in [0.05, 0.1) is 22.3 Å². The summed E-state index contributed by atoms with van der Waals surface area (Å²) in [4.78, 5) is 0. The lowest BCUT2D eigenvalue weighted by Gasteiger charge is -2.22. The van der Waals surface area contributed by atoms with Crippen molar-refractivity contribution in [2.24, 2.45) is 0 Å². The van der Waals surface area contributed by atoms with Crippen LogP contribution in [-0.2, 0) is 10.0 Å². The molecule has 172 valence electrons. The van der Waals surface area contributed by atoms with Gasteiger partial charge < -0.3 is 15.8 Å². The lowest BCUT2D eigenvalue weighted by molar-refractivity contribution is -0.274. The van der Waals surface area contributed by atoms with Gasteiger partial charge in [0.25, 0.3) is 0 Å². The van der Waals surface area contributed by atoms with E-state index in [0.29, 0.717) is 23.5 Å². The second-order valence-electron chi connectivity index (χ2n) is 7.58. The molecule has 0 spiro atoms. The number of sulfonamides is 1. The fraction of sp³-hybridized carbons (Fsp3) is 0.273. The summed E-state index contributed by atoms with van der Waals surface area (Å²) in [6.45, 7) is 3.17. The third-order valence-corrected chi connectivity index (χ3v) is 6.53. The zero-order valence-electron chi connectivity index (χ0n) is 17.5. The van der Waals surface area contributed by atoms with Crippen molar-refractivity contribution in [3.63, 3.8) is 0 Å². The Morgan fingerprint density at radius 1 is 1.12 bits per heavy atom. The molecule has 6 nitrogen and oxygen atoms in total. The largest absolute Gasteiger partial charge is 0.573 e. The van der Waals surface area contributed by atoms with E-state index >= 15 is 0 Å². The second-order valence-corrected chi connectivity index (χ2v) is 9.82. The maximum atomic E-state index is 12.3. The van der Waals surface area contributed by atoms with Gasteiger partial charge in [0, 0.05) is 6.04 Å². The summed E-state index contributed by atoms with van der Waals surface area (Å²) in [7, 11) is -3.50. The standard InChI is InChI=1S/C22H24F3N3O3S/c1-14(2)32(29,30)28-18-8-11-20(26)21(13-18)27-17-5-3-4-16(12-17)15-6-9-19(10-7-15)31-22(23,24)25/h3-4,6-14,17,27-28H,5,26H2,1-2H3. The summed E-state index contributed by atoms with van der Waals surface area (Å²) in [5.74, 6) is -0.287. The summed E-state index contributed by atoms with van der Waals surface area (Å²) >= 11 is 0. The zero-order valence-corrected chi connectivity index (χ0v) is 18.3. The number of ether oxygens (including phenoxy) is 1. The van der Waals surface area contributed by atoms with Gasteiger partial charge in [-0.25, -0.2) is 8.42 Å². The van der Waals surface area contributed by atoms with Gasteiger partial charge in [-0.05, 0) is 61.7 Å². The van der Waals surface area contributed by atoms with Crippen molar-refractivity contribution >= 4 is 32.7 Å². The van der Waals surface area contributed by atoms with Crippen LogP contribution in [-0.4, -0.2) is 26.1 Å². The number of benzene rings is 2. The van der Waals surface area contributed by atoms with E-state index in [0.717, 1.165) is 11.1 Å². The smallest absolute Gasteiger partial charge is 0.406 e. The fourth-order valence-corrected chi connectivity index (χ4v) is 3.74. The first-order valence-electron chi connectivity index (χ1n) is 9.85. The van der Waals surface area contributed by atoms with Crippen LogP contribution < -0.4 is 20.5 Å². The van der Waals surface area contributed by atoms with Crippen LogP contribution in [0.15, 0.2) is 60.7 Å². The summed E-state index contributed by atoms with van der Waals surface area (Å²) in [5.41, 5.74) is 9.03. The van der Waals surface area contributed by atoms with Crippen molar-refractivity contribution < 1.29 is 26.3 Å². The van der Waals surface area contributed by atoms with E-state index in [1.807, 2.05) is 18.2 Å². The van der Waals surface area contributed by atoms with E-state index in [9.17, 15) is 21.6 Å². The highest BCUT2D eigenvalue weighted by atomic mass is 32.2. The SMILES string of the molecule is CC(C)S(=O)(=O)Nc1ccc(N)c(NC2C=C(c3ccc(OC(F)(F)F)cc3)C=CC2)c1. The van der Waals surface area contributed by atoms with Crippen LogP contribution in [0.25, 0.3) is 5.57 Å². The molecule has 4 N–H and O–H groups in total. The Bertz CT molecular complexity index is 1130. The molecule has 1 atom stereocenters. The molecule has 1 aliphatic rings. The van der Waals surface area contributed by atoms with Crippen molar-refractivity contribution in [2.45, 2.75) is 37.9 Å². The molecule has 0 radical (unpaired) electrons. The van der Waals surface area contributed by atoms with Crippen LogP contribution in [0.5, 0.6) is 5.75 Å². The predicted molar refractivity (Wildman–Crippen MR) is 121 cm³/mol. The molecule has 10 heteroatoms. The summed E-state index contributed by atoms with van der Waals surface area (Å²) in [6.07, 6.45) is 1.67. The molecule has 1 aliphatic carbocycles. The average Bonchev–Trinajstić information content (AvgIpc) is 2.70. The molecule has 0 saturated carbocycles. The average molecular weight is 468 g/mol. The van der Waals surface area contributed by atoms with E-state index in [2.05, 4.69) is 14.8 Å². The Labute approximate surface area is 185 Å². The molecule has 3 rings (SSSR count). The minimum Gasteiger partial charge on any atom is -0.406 e. The maximum absolute atomic E-state index is 12.3. The van der Waals surface area contributed by atoms with Crippen molar-refractivity contribution in [3.05, 3.63) is 66.3 Å². The van der Waals surface area contributed by atoms with Crippen LogP contribution in [0.3, 0.4) is 0 Å². The lowest BCUT2D eigenvalue weighted by Crippen LogP contribution is -2.23. The number of allylic oxidation sites excluding steroid dienone is 2. The van der Waals surface area contributed by atoms with Gasteiger partial charge in [0.2, 0.25) is 10.0 Å². The second kappa shape index (κ2) is 9.15. The highest BCUT2D eigenvalue weighted by Gasteiger charge is 2.31. The molecule has 0 amide bonds. The number of nitrogen functional groups attached to an aromatic ring is 1. The van der Waals surface area contributed by atoms with Crippen molar-refractivity contribution in [1.82, 2.24) is 0 Å². The van der Waals surface area contributed by atoms with Crippen molar-refractivity contribution in [2.75, 3.05) is 15.8 Å². The van der Waals surface area contributed by atoms with Crippen molar-refractivity contribution in [3.8, 4) is 5.75 Å². The molecule has 0 fully saturated rings. The van der Waals surface area contributed by atoms with Gasteiger partial charge in [-0.1, -0.05) is 30.4 Å². The van der Waals surface area contributed by atoms with Crippen LogP contribution in [0.2, 0.25) is 0 Å². The van der Waals surface area contributed by atoms with Gasteiger partial charge >= 0.3 is 6.36 Å². The Morgan fingerprint density at radius 3 is 2.44 bits per heavy atom. The number of alkyl halides is 3. The number of hydrogen-bond donors (Lipinski definition) is 3. The number of anilines is 3. The molecular weight excluding hydrogens is 443 g/mol. The zero-order chi connectivity index (χ0) is 23.5. The molecule has 0 saturated heterocycles. The van der Waals surface area contributed by atoms with Crippen molar-refractivity contribution in [1.29, 1.82) is 0 Å². The summed E-state index contributed by atoms with van der Waals surface area (Å²) in [6, 6.07) is 10.3. The number of hydrogen-bond acceptors (Lipinski definition) is 5. The van der Waals surface area contributed by atoms with E-state index in [4.69, 9.17) is 5.73 Å².